The van der Waals surface area contributed by atoms with Crippen LogP contribution < -0.4 is 15.4 Å². The average molecular weight is 258 g/mol. The van der Waals surface area contributed by atoms with Crippen molar-refractivity contribution in [2.45, 2.75) is 13.5 Å². The summed E-state index contributed by atoms with van der Waals surface area (Å²) in [5.74, 6) is 1.32. The molecule has 0 aliphatic heterocycles. The maximum atomic E-state index is 5.78. The van der Waals surface area contributed by atoms with Crippen LogP contribution in [0, 0.1) is 0 Å². The molecule has 0 aliphatic rings. The zero-order chi connectivity index (χ0) is 13.7. The third-order valence-corrected chi connectivity index (χ3v) is 2.90. The first-order chi connectivity index (χ1) is 9.24. The molecule has 0 saturated carbocycles. The number of hydrogen-bond acceptors (Lipinski definition) is 5. The zero-order valence-corrected chi connectivity index (χ0v) is 11.2. The van der Waals surface area contributed by atoms with Crippen molar-refractivity contribution in [2.75, 3.05) is 24.3 Å². The van der Waals surface area contributed by atoms with Crippen LogP contribution in [0.15, 0.2) is 36.7 Å². The first kappa shape index (κ1) is 13.1. The van der Waals surface area contributed by atoms with Crippen molar-refractivity contribution in [2.24, 2.45) is 0 Å². The van der Waals surface area contributed by atoms with Crippen LogP contribution in [0.2, 0.25) is 0 Å². The lowest BCUT2D eigenvalue weighted by Gasteiger charge is -2.22. The predicted octanol–water partition coefficient (Wildman–Crippen LogP) is 2.09. The average Bonchev–Trinajstić information content (AvgIpc) is 2.46. The topological polar surface area (TPSA) is 64.3 Å². The van der Waals surface area contributed by atoms with Gasteiger partial charge >= 0.3 is 0 Å². The van der Waals surface area contributed by atoms with E-state index in [2.05, 4.69) is 21.8 Å². The Morgan fingerprint density at radius 3 is 2.58 bits per heavy atom. The van der Waals surface area contributed by atoms with Crippen LogP contribution in [-0.4, -0.2) is 23.6 Å². The smallest absolute Gasteiger partial charge is 0.238 e. The maximum absolute atomic E-state index is 5.78. The Bertz CT molecular complexity index is 530. The number of nitrogens with two attached hydrogens (primary N) is 1. The van der Waals surface area contributed by atoms with Crippen molar-refractivity contribution in [3.05, 3.63) is 42.2 Å². The van der Waals surface area contributed by atoms with Crippen LogP contribution in [0.5, 0.6) is 5.88 Å². The number of pyridine rings is 2. The van der Waals surface area contributed by atoms with E-state index in [-0.39, 0.29) is 0 Å². The van der Waals surface area contributed by atoms with Gasteiger partial charge in [0.2, 0.25) is 5.88 Å². The van der Waals surface area contributed by atoms with E-state index < -0.39 is 0 Å². The summed E-state index contributed by atoms with van der Waals surface area (Å²) in [6.45, 7) is 3.72. The second-order valence-corrected chi connectivity index (χ2v) is 4.14. The summed E-state index contributed by atoms with van der Waals surface area (Å²) in [7, 11) is 1.57. The van der Waals surface area contributed by atoms with Crippen LogP contribution in [-0.2, 0) is 6.54 Å². The molecule has 0 radical (unpaired) electrons. The fraction of sp³-hybridized carbons (Fsp3) is 0.286. The highest BCUT2D eigenvalue weighted by Gasteiger charge is 2.09. The van der Waals surface area contributed by atoms with Crippen molar-refractivity contribution in [1.29, 1.82) is 0 Å². The van der Waals surface area contributed by atoms with Crippen molar-refractivity contribution < 1.29 is 4.74 Å². The molecule has 0 atom stereocenters. The first-order valence-electron chi connectivity index (χ1n) is 6.19. The fourth-order valence-corrected chi connectivity index (χ4v) is 1.84. The van der Waals surface area contributed by atoms with Crippen LogP contribution >= 0.6 is 0 Å². The molecule has 2 N–H and O–H groups in total. The summed E-state index contributed by atoms with van der Waals surface area (Å²) in [6, 6.07) is 7.72. The molecule has 0 saturated heterocycles. The standard InChI is InChI=1S/C14H18N4O/c1-3-18(10-11-6-8-16-9-7-11)13-5-4-12(15)14(17-13)19-2/h4-9H,3,10,15H2,1-2H3. The molecule has 0 aromatic carbocycles. The quantitative estimate of drug-likeness (QED) is 0.889. The number of nitrogen functional groups attached to an aromatic ring is 1. The van der Waals surface area contributed by atoms with Gasteiger partial charge in [-0.15, -0.1) is 0 Å². The molecular weight excluding hydrogens is 240 g/mol. The summed E-state index contributed by atoms with van der Waals surface area (Å²) in [5.41, 5.74) is 7.52. The summed E-state index contributed by atoms with van der Waals surface area (Å²) >= 11 is 0. The molecule has 5 nitrogen and oxygen atoms in total. The van der Waals surface area contributed by atoms with Gasteiger partial charge < -0.3 is 15.4 Å². The number of anilines is 2. The van der Waals surface area contributed by atoms with Gasteiger partial charge in [0.15, 0.2) is 0 Å². The molecular formula is C14H18N4O. The number of aromatic nitrogens is 2. The molecule has 0 bridgehead atoms. The molecule has 0 fully saturated rings. The normalized spacial score (nSPS) is 10.2. The summed E-state index contributed by atoms with van der Waals surface area (Å²) in [4.78, 5) is 10.6. The van der Waals surface area contributed by atoms with Gasteiger partial charge in [-0.3, -0.25) is 4.98 Å². The summed E-state index contributed by atoms with van der Waals surface area (Å²) < 4.78 is 5.16. The third kappa shape index (κ3) is 3.13. The van der Waals surface area contributed by atoms with Crippen LogP contribution in [0.1, 0.15) is 12.5 Å². The van der Waals surface area contributed by atoms with Crippen LogP contribution in [0.25, 0.3) is 0 Å². The minimum absolute atomic E-state index is 0.464. The molecule has 2 aromatic heterocycles. The Hall–Kier alpha value is -2.30. The van der Waals surface area contributed by atoms with E-state index in [1.54, 1.807) is 19.5 Å². The van der Waals surface area contributed by atoms with E-state index in [1.165, 1.54) is 5.56 Å². The van der Waals surface area contributed by atoms with E-state index >= 15 is 0 Å². The lowest BCUT2D eigenvalue weighted by molar-refractivity contribution is 0.400. The van der Waals surface area contributed by atoms with Gasteiger partial charge in [0.25, 0.3) is 0 Å². The maximum Gasteiger partial charge on any atom is 0.238 e. The predicted molar refractivity (Wildman–Crippen MR) is 76.2 cm³/mol. The summed E-state index contributed by atoms with van der Waals surface area (Å²) in [5, 5.41) is 0. The Labute approximate surface area is 113 Å². The van der Waals surface area contributed by atoms with Gasteiger partial charge in [0.05, 0.1) is 12.8 Å². The number of nitrogens with zero attached hydrogens (tertiary/aromatic N) is 3. The van der Waals surface area contributed by atoms with E-state index in [0.29, 0.717) is 11.6 Å². The van der Waals surface area contributed by atoms with Crippen LogP contribution in [0.4, 0.5) is 11.5 Å². The van der Waals surface area contributed by atoms with Gasteiger partial charge in [-0.1, -0.05) is 0 Å². The van der Waals surface area contributed by atoms with Gasteiger partial charge in [-0.05, 0) is 36.8 Å². The molecule has 0 aliphatic carbocycles. The molecule has 19 heavy (non-hydrogen) atoms. The highest BCUT2D eigenvalue weighted by molar-refractivity contribution is 5.54. The SMILES string of the molecule is CCN(Cc1ccncc1)c1ccc(N)c(OC)n1. The molecule has 5 heteroatoms. The Balaban J connectivity index is 2.22. The lowest BCUT2D eigenvalue weighted by Crippen LogP contribution is -2.23. The monoisotopic (exact) mass is 258 g/mol. The first-order valence-corrected chi connectivity index (χ1v) is 6.19. The van der Waals surface area contributed by atoms with Gasteiger partial charge in [0, 0.05) is 25.5 Å². The largest absolute Gasteiger partial charge is 0.479 e. The molecule has 0 spiro atoms. The number of ether oxygens (including phenoxy) is 1. The zero-order valence-electron chi connectivity index (χ0n) is 11.2. The Kier molecular flexibility index (Phi) is 4.18. The highest BCUT2D eigenvalue weighted by atomic mass is 16.5. The second kappa shape index (κ2) is 6.04. The van der Waals surface area contributed by atoms with E-state index in [9.17, 15) is 0 Å². The highest BCUT2D eigenvalue weighted by Crippen LogP contribution is 2.23. The Morgan fingerprint density at radius 2 is 1.95 bits per heavy atom. The number of methoxy groups -OCH3 is 1. The van der Waals surface area contributed by atoms with Gasteiger partial charge in [-0.2, -0.15) is 4.98 Å². The van der Waals surface area contributed by atoms with Crippen LogP contribution in [0.3, 0.4) is 0 Å². The van der Waals surface area contributed by atoms with Crippen molar-refractivity contribution in [3.63, 3.8) is 0 Å². The molecule has 2 rings (SSSR count). The van der Waals surface area contributed by atoms with Gasteiger partial charge in [0.1, 0.15) is 5.82 Å². The number of rotatable bonds is 5. The molecule has 0 unspecified atom stereocenters. The fourth-order valence-electron chi connectivity index (χ4n) is 1.84. The van der Waals surface area contributed by atoms with Crippen molar-refractivity contribution >= 4 is 11.5 Å². The minimum atomic E-state index is 0.464. The van der Waals surface area contributed by atoms with E-state index in [4.69, 9.17) is 10.5 Å². The van der Waals surface area contributed by atoms with Crippen molar-refractivity contribution in [3.8, 4) is 5.88 Å². The second-order valence-electron chi connectivity index (χ2n) is 4.14. The third-order valence-electron chi connectivity index (χ3n) is 2.90. The molecule has 100 valence electrons. The summed E-state index contributed by atoms with van der Waals surface area (Å²) in [6.07, 6.45) is 3.58. The molecule has 0 amide bonds. The minimum Gasteiger partial charge on any atom is -0.479 e. The lowest BCUT2D eigenvalue weighted by atomic mass is 10.2. The van der Waals surface area contributed by atoms with E-state index in [1.807, 2.05) is 24.3 Å². The number of hydrogen-bond donors (Lipinski definition) is 1. The molecule has 2 heterocycles. The van der Waals surface area contributed by atoms with E-state index in [0.717, 1.165) is 18.9 Å². The Morgan fingerprint density at radius 1 is 1.21 bits per heavy atom. The van der Waals surface area contributed by atoms with Crippen molar-refractivity contribution in [1.82, 2.24) is 9.97 Å². The van der Waals surface area contributed by atoms with Gasteiger partial charge in [-0.25, -0.2) is 0 Å². The molecule has 2 aromatic rings.